The number of hydrogen-bond acceptors (Lipinski definition) is 6. The SMILES string of the molecule is CCCCn1c(O)c(C(C)=NCCN2CCNCC2)c(=O)[nH]c1=O. The fourth-order valence-electron chi connectivity index (χ4n) is 2.78. The van der Waals surface area contributed by atoms with Crippen LogP contribution in [-0.4, -0.2) is 64.5 Å². The van der Waals surface area contributed by atoms with E-state index in [1.807, 2.05) is 6.92 Å². The molecule has 8 heteroatoms. The zero-order valence-electron chi connectivity index (χ0n) is 14.5. The fourth-order valence-corrected chi connectivity index (χ4v) is 2.78. The number of hydrogen-bond donors (Lipinski definition) is 3. The largest absolute Gasteiger partial charge is 0.494 e. The smallest absolute Gasteiger partial charge is 0.331 e. The maximum Gasteiger partial charge on any atom is 0.331 e. The van der Waals surface area contributed by atoms with Crippen molar-refractivity contribution in [1.29, 1.82) is 0 Å². The number of aromatic amines is 1. The molecule has 0 unspecified atom stereocenters. The van der Waals surface area contributed by atoms with E-state index in [4.69, 9.17) is 0 Å². The first kappa shape index (κ1) is 18.4. The molecule has 1 aliphatic rings. The van der Waals surface area contributed by atoms with Crippen molar-refractivity contribution >= 4 is 5.71 Å². The Morgan fingerprint density at radius 1 is 1.25 bits per heavy atom. The van der Waals surface area contributed by atoms with Crippen LogP contribution in [0.25, 0.3) is 0 Å². The summed E-state index contributed by atoms with van der Waals surface area (Å²) in [7, 11) is 0. The lowest BCUT2D eigenvalue weighted by molar-refractivity contribution is 0.247. The van der Waals surface area contributed by atoms with E-state index in [2.05, 4.69) is 20.2 Å². The molecule has 0 bridgehead atoms. The van der Waals surface area contributed by atoms with Crippen LogP contribution in [0.3, 0.4) is 0 Å². The van der Waals surface area contributed by atoms with Gasteiger partial charge in [-0.05, 0) is 13.3 Å². The summed E-state index contributed by atoms with van der Waals surface area (Å²) in [6, 6.07) is 0. The molecular formula is C16H27N5O3. The molecule has 8 nitrogen and oxygen atoms in total. The number of aromatic nitrogens is 2. The number of rotatable bonds is 7. The molecule has 134 valence electrons. The second-order valence-corrected chi connectivity index (χ2v) is 6.02. The molecule has 0 spiro atoms. The number of unbranched alkanes of at least 4 members (excludes halogenated alkanes) is 1. The van der Waals surface area contributed by atoms with Crippen molar-refractivity contribution in [2.75, 3.05) is 39.3 Å². The molecule has 1 fully saturated rings. The number of nitrogens with zero attached hydrogens (tertiary/aromatic N) is 3. The summed E-state index contributed by atoms with van der Waals surface area (Å²) in [4.78, 5) is 32.9. The van der Waals surface area contributed by atoms with Gasteiger partial charge in [0.25, 0.3) is 5.56 Å². The van der Waals surface area contributed by atoms with Crippen LogP contribution in [0, 0.1) is 0 Å². The van der Waals surface area contributed by atoms with Crippen LogP contribution in [0.4, 0.5) is 0 Å². The zero-order chi connectivity index (χ0) is 17.5. The van der Waals surface area contributed by atoms with Crippen LogP contribution in [0.15, 0.2) is 14.6 Å². The minimum absolute atomic E-state index is 0.0889. The molecule has 0 saturated carbocycles. The first-order valence-corrected chi connectivity index (χ1v) is 8.55. The van der Waals surface area contributed by atoms with Gasteiger partial charge in [0.15, 0.2) is 0 Å². The number of piperazine rings is 1. The third-order valence-electron chi connectivity index (χ3n) is 4.24. The van der Waals surface area contributed by atoms with Gasteiger partial charge in [0, 0.05) is 45.0 Å². The van der Waals surface area contributed by atoms with Gasteiger partial charge in [0.1, 0.15) is 5.56 Å². The summed E-state index contributed by atoms with van der Waals surface area (Å²) in [5.41, 5.74) is -0.628. The fraction of sp³-hybridized carbons (Fsp3) is 0.688. The molecule has 1 aromatic rings. The van der Waals surface area contributed by atoms with Gasteiger partial charge in [-0.25, -0.2) is 4.79 Å². The summed E-state index contributed by atoms with van der Waals surface area (Å²) >= 11 is 0. The molecule has 1 aromatic heterocycles. The van der Waals surface area contributed by atoms with Crippen molar-refractivity contribution in [3.05, 3.63) is 26.4 Å². The number of H-pyrrole nitrogens is 1. The molecule has 24 heavy (non-hydrogen) atoms. The predicted octanol–water partition coefficient (Wildman–Crippen LogP) is -0.243. The highest BCUT2D eigenvalue weighted by molar-refractivity contribution is 6.00. The van der Waals surface area contributed by atoms with Crippen molar-refractivity contribution in [2.45, 2.75) is 33.2 Å². The quantitative estimate of drug-likeness (QED) is 0.596. The van der Waals surface area contributed by atoms with E-state index in [1.165, 1.54) is 4.57 Å². The van der Waals surface area contributed by atoms with Crippen molar-refractivity contribution in [3.8, 4) is 5.88 Å². The van der Waals surface area contributed by atoms with Crippen LogP contribution >= 0.6 is 0 Å². The van der Waals surface area contributed by atoms with Crippen LogP contribution in [0.5, 0.6) is 5.88 Å². The lowest BCUT2D eigenvalue weighted by Crippen LogP contribution is -2.44. The summed E-state index contributed by atoms with van der Waals surface area (Å²) in [5.74, 6) is -0.291. The summed E-state index contributed by atoms with van der Waals surface area (Å²) in [6.45, 7) is 9.36. The van der Waals surface area contributed by atoms with E-state index < -0.39 is 11.2 Å². The molecule has 1 saturated heterocycles. The predicted molar refractivity (Wildman–Crippen MR) is 94.3 cm³/mol. The summed E-state index contributed by atoms with van der Waals surface area (Å²) in [6.07, 6.45) is 1.64. The number of aromatic hydroxyl groups is 1. The zero-order valence-corrected chi connectivity index (χ0v) is 14.5. The number of nitrogens with one attached hydrogen (secondary N) is 2. The van der Waals surface area contributed by atoms with Gasteiger partial charge in [-0.15, -0.1) is 0 Å². The van der Waals surface area contributed by atoms with Gasteiger partial charge >= 0.3 is 5.69 Å². The Morgan fingerprint density at radius 2 is 1.96 bits per heavy atom. The van der Waals surface area contributed by atoms with Gasteiger partial charge in [-0.1, -0.05) is 13.3 Å². The monoisotopic (exact) mass is 337 g/mol. The maximum atomic E-state index is 12.1. The van der Waals surface area contributed by atoms with Crippen molar-refractivity contribution in [2.24, 2.45) is 4.99 Å². The molecule has 2 rings (SSSR count). The Morgan fingerprint density at radius 3 is 2.62 bits per heavy atom. The standard InChI is InChI=1S/C16H27N5O3/c1-3-4-8-21-15(23)13(14(22)19-16(21)24)12(2)18-7-11-20-9-5-17-6-10-20/h17,23H,3-11H2,1-2H3,(H,19,22,24). The Hall–Kier alpha value is -1.93. The Bertz CT molecular complexity index is 686. The number of aliphatic imine (C=N–C) groups is 1. The van der Waals surface area contributed by atoms with E-state index in [0.29, 0.717) is 18.8 Å². The van der Waals surface area contributed by atoms with Crippen molar-refractivity contribution in [3.63, 3.8) is 0 Å². The van der Waals surface area contributed by atoms with E-state index in [-0.39, 0.29) is 11.4 Å². The Balaban J connectivity index is 2.15. The molecule has 0 aliphatic carbocycles. The van der Waals surface area contributed by atoms with Gasteiger partial charge < -0.3 is 10.4 Å². The molecule has 1 aliphatic heterocycles. The molecule has 0 amide bonds. The third kappa shape index (κ3) is 4.55. The van der Waals surface area contributed by atoms with E-state index in [0.717, 1.165) is 45.6 Å². The first-order chi connectivity index (χ1) is 11.5. The Labute approximate surface area is 141 Å². The van der Waals surface area contributed by atoms with E-state index in [9.17, 15) is 14.7 Å². The highest BCUT2D eigenvalue weighted by atomic mass is 16.3. The summed E-state index contributed by atoms with van der Waals surface area (Å²) in [5, 5.41) is 13.6. The molecule has 2 heterocycles. The van der Waals surface area contributed by atoms with Crippen LogP contribution in [0.1, 0.15) is 32.3 Å². The molecule has 0 aromatic carbocycles. The van der Waals surface area contributed by atoms with Crippen LogP contribution in [-0.2, 0) is 6.54 Å². The summed E-state index contributed by atoms with van der Waals surface area (Å²) < 4.78 is 1.20. The van der Waals surface area contributed by atoms with Gasteiger partial charge in [0.05, 0.1) is 6.54 Å². The molecule has 0 atom stereocenters. The lowest BCUT2D eigenvalue weighted by atomic mass is 10.2. The molecular weight excluding hydrogens is 310 g/mol. The van der Waals surface area contributed by atoms with E-state index in [1.54, 1.807) is 6.92 Å². The van der Waals surface area contributed by atoms with Gasteiger partial charge in [0.2, 0.25) is 5.88 Å². The molecule has 0 radical (unpaired) electrons. The normalized spacial score (nSPS) is 16.5. The second-order valence-electron chi connectivity index (χ2n) is 6.02. The topological polar surface area (TPSA) is 103 Å². The second kappa shape index (κ2) is 8.79. The van der Waals surface area contributed by atoms with Crippen LogP contribution in [0.2, 0.25) is 0 Å². The van der Waals surface area contributed by atoms with Crippen molar-refractivity contribution in [1.82, 2.24) is 19.8 Å². The van der Waals surface area contributed by atoms with Crippen molar-refractivity contribution < 1.29 is 5.11 Å². The van der Waals surface area contributed by atoms with Gasteiger partial charge in [-0.2, -0.15) is 0 Å². The molecule has 3 N–H and O–H groups in total. The Kier molecular flexibility index (Phi) is 6.74. The minimum Gasteiger partial charge on any atom is -0.494 e. The highest BCUT2D eigenvalue weighted by Gasteiger charge is 2.16. The highest BCUT2D eigenvalue weighted by Crippen LogP contribution is 2.12. The lowest BCUT2D eigenvalue weighted by Gasteiger charge is -2.26. The average molecular weight is 337 g/mol. The third-order valence-corrected chi connectivity index (χ3v) is 4.24. The average Bonchev–Trinajstić information content (AvgIpc) is 2.55. The van der Waals surface area contributed by atoms with E-state index >= 15 is 0 Å². The first-order valence-electron chi connectivity index (χ1n) is 8.55. The van der Waals surface area contributed by atoms with Gasteiger partial charge in [-0.3, -0.25) is 24.2 Å². The van der Waals surface area contributed by atoms with Crippen LogP contribution < -0.4 is 16.6 Å². The minimum atomic E-state index is -0.589. The maximum absolute atomic E-state index is 12.1.